The molecule has 118 valence electrons. The van der Waals surface area contributed by atoms with Crippen molar-refractivity contribution in [3.63, 3.8) is 0 Å². The second-order valence-corrected chi connectivity index (χ2v) is 5.74. The van der Waals surface area contributed by atoms with E-state index >= 15 is 0 Å². The molecule has 4 nitrogen and oxygen atoms in total. The number of halogens is 2. The standard InChI is InChI=1S/C15H22ClN3O.ClH/c1-11-5-6-12(8-14(11)16)18-15(20)10-19-7-3-4-13(19)9-17-2;/h5-6,8,13,17H,3-4,7,9-10H2,1-2H3,(H,18,20);1H. The lowest BCUT2D eigenvalue weighted by Crippen LogP contribution is -2.41. The van der Waals surface area contributed by atoms with Crippen LogP contribution in [-0.2, 0) is 4.79 Å². The van der Waals surface area contributed by atoms with E-state index in [1.165, 1.54) is 0 Å². The Morgan fingerprint density at radius 1 is 1.48 bits per heavy atom. The highest BCUT2D eigenvalue weighted by Gasteiger charge is 2.25. The number of aryl methyl sites for hydroxylation is 1. The average Bonchev–Trinajstić information content (AvgIpc) is 2.82. The molecule has 0 spiro atoms. The maximum atomic E-state index is 12.1. The van der Waals surface area contributed by atoms with E-state index in [2.05, 4.69) is 15.5 Å². The molecule has 0 bridgehead atoms. The summed E-state index contributed by atoms with van der Waals surface area (Å²) in [5.41, 5.74) is 1.77. The lowest BCUT2D eigenvalue weighted by Gasteiger charge is -2.23. The molecular formula is C15H23Cl2N3O. The van der Waals surface area contributed by atoms with E-state index in [-0.39, 0.29) is 18.3 Å². The molecular weight excluding hydrogens is 309 g/mol. The molecule has 1 aliphatic rings. The number of nitrogens with one attached hydrogen (secondary N) is 2. The van der Waals surface area contributed by atoms with Crippen LogP contribution < -0.4 is 10.6 Å². The van der Waals surface area contributed by atoms with Gasteiger partial charge < -0.3 is 10.6 Å². The molecule has 0 aromatic heterocycles. The maximum absolute atomic E-state index is 12.1. The molecule has 1 amide bonds. The molecule has 1 heterocycles. The summed E-state index contributed by atoms with van der Waals surface area (Å²) in [5.74, 6) is 0.0212. The average molecular weight is 332 g/mol. The van der Waals surface area contributed by atoms with E-state index in [4.69, 9.17) is 11.6 Å². The lowest BCUT2D eigenvalue weighted by molar-refractivity contribution is -0.117. The summed E-state index contributed by atoms with van der Waals surface area (Å²) in [5, 5.41) is 6.78. The van der Waals surface area contributed by atoms with E-state index in [1.54, 1.807) is 6.07 Å². The van der Waals surface area contributed by atoms with Crippen molar-refractivity contribution >= 4 is 35.6 Å². The normalized spacial score (nSPS) is 18.3. The monoisotopic (exact) mass is 331 g/mol. The van der Waals surface area contributed by atoms with Crippen LogP contribution in [-0.4, -0.2) is 43.5 Å². The smallest absolute Gasteiger partial charge is 0.238 e. The summed E-state index contributed by atoms with van der Waals surface area (Å²) in [4.78, 5) is 14.3. The largest absolute Gasteiger partial charge is 0.325 e. The van der Waals surface area contributed by atoms with Gasteiger partial charge in [-0.1, -0.05) is 17.7 Å². The highest BCUT2D eigenvalue weighted by molar-refractivity contribution is 6.31. The lowest BCUT2D eigenvalue weighted by atomic mass is 10.2. The SMILES string of the molecule is CNCC1CCCN1CC(=O)Nc1ccc(C)c(Cl)c1.Cl. The number of benzene rings is 1. The number of hydrogen-bond donors (Lipinski definition) is 2. The zero-order chi connectivity index (χ0) is 14.5. The Labute approximate surface area is 137 Å². The van der Waals surface area contributed by atoms with Crippen LogP contribution in [0.2, 0.25) is 5.02 Å². The second-order valence-electron chi connectivity index (χ2n) is 5.34. The van der Waals surface area contributed by atoms with Gasteiger partial charge in [0.2, 0.25) is 5.91 Å². The molecule has 0 saturated carbocycles. The van der Waals surface area contributed by atoms with Crippen LogP contribution in [0.5, 0.6) is 0 Å². The molecule has 1 unspecified atom stereocenters. The third-order valence-corrected chi connectivity index (χ3v) is 4.15. The number of likely N-dealkylation sites (tertiary alicyclic amines) is 1. The zero-order valence-electron chi connectivity index (χ0n) is 12.5. The molecule has 2 N–H and O–H groups in total. The number of carbonyl (C=O) groups is 1. The van der Waals surface area contributed by atoms with E-state index in [0.29, 0.717) is 17.6 Å². The zero-order valence-corrected chi connectivity index (χ0v) is 14.1. The maximum Gasteiger partial charge on any atom is 0.238 e. The van der Waals surface area contributed by atoms with Gasteiger partial charge >= 0.3 is 0 Å². The molecule has 21 heavy (non-hydrogen) atoms. The van der Waals surface area contributed by atoms with Gasteiger partial charge in [0.15, 0.2) is 0 Å². The van der Waals surface area contributed by atoms with Crippen LogP contribution in [0, 0.1) is 6.92 Å². The molecule has 1 aromatic rings. The van der Waals surface area contributed by atoms with Gasteiger partial charge in [-0.25, -0.2) is 0 Å². The summed E-state index contributed by atoms with van der Waals surface area (Å²) in [6.07, 6.45) is 2.32. The van der Waals surface area contributed by atoms with E-state index in [1.807, 2.05) is 26.1 Å². The number of hydrogen-bond acceptors (Lipinski definition) is 3. The summed E-state index contributed by atoms with van der Waals surface area (Å²) in [6.45, 7) is 4.32. The van der Waals surface area contributed by atoms with E-state index in [0.717, 1.165) is 37.2 Å². The molecule has 1 saturated heterocycles. The minimum absolute atomic E-state index is 0. The molecule has 1 aliphatic heterocycles. The summed E-state index contributed by atoms with van der Waals surface area (Å²) < 4.78 is 0. The van der Waals surface area contributed by atoms with Gasteiger partial charge in [0.25, 0.3) is 0 Å². The number of anilines is 1. The minimum atomic E-state index is 0. The Bertz CT molecular complexity index is 482. The van der Waals surface area contributed by atoms with Crippen LogP contribution in [0.1, 0.15) is 18.4 Å². The quantitative estimate of drug-likeness (QED) is 0.871. The van der Waals surface area contributed by atoms with E-state index in [9.17, 15) is 4.79 Å². The summed E-state index contributed by atoms with van der Waals surface area (Å²) in [7, 11) is 1.95. The summed E-state index contributed by atoms with van der Waals surface area (Å²) in [6, 6.07) is 6.06. The van der Waals surface area contributed by atoms with Gasteiger partial charge in [-0.15, -0.1) is 12.4 Å². The van der Waals surface area contributed by atoms with Gasteiger partial charge in [-0.05, 0) is 51.1 Å². The number of nitrogens with zero attached hydrogens (tertiary/aromatic N) is 1. The fourth-order valence-electron chi connectivity index (χ4n) is 2.63. The van der Waals surface area contributed by atoms with Gasteiger partial charge in [-0.2, -0.15) is 0 Å². The van der Waals surface area contributed by atoms with Crippen molar-refractivity contribution in [1.82, 2.24) is 10.2 Å². The molecule has 6 heteroatoms. The molecule has 1 fully saturated rings. The van der Waals surface area contributed by atoms with Crippen molar-refractivity contribution in [2.75, 3.05) is 32.0 Å². The predicted octanol–water partition coefficient (Wildman–Crippen LogP) is 2.69. The first-order valence-corrected chi connectivity index (χ1v) is 7.42. The van der Waals surface area contributed by atoms with Gasteiger partial charge in [0.1, 0.15) is 0 Å². The minimum Gasteiger partial charge on any atom is -0.325 e. The molecule has 2 rings (SSSR count). The van der Waals surface area contributed by atoms with Crippen molar-refractivity contribution in [2.45, 2.75) is 25.8 Å². The highest BCUT2D eigenvalue weighted by atomic mass is 35.5. The highest BCUT2D eigenvalue weighted by Crippen LogP contribution is 2.20. The predicted molar refractivity (Wildman–Crippen MR) is 90.6 cm³/mol. The van der Waals surface area contributed by atoms with Crippen LogP contribution in [0.15, 0.2) is 18.2 Å². The van der Waals surface area contributed by atoms with E-state index < -0.39 is 0 Å². The Balaban J connectivity index is 0.00000220. The molecule has 0 radical (unpaired) electrons. The van der Waals surface area contributed by atoms with Crippen molar-refractivity contribution in [3.05, 3.63) is 28.8 Å². The van der Waals surface area contributed by atoms with Crippen molar-refractivity contribution in [1.29, 1.82) is 0 Å². The second kappa shape index (κ2) is 8.59. The topological polar surface area (TPSA) is 44.4 Å². The van der Waals surface area contributed by atoms with Crippen LogP contribution in [0.3, 0.4) is 0 Å². The number of likely N-dealkylation sites (N-methyl/N-ethyl adjacent to an activating group) is 1. The van der Waals surface area contributed by atoms with Crippen LogP contribution in [0.25, 0.3) is 0 Å². The van der Waals surface area contributed by atoms with Gasteiger partial charge in [-0.3, -0.25) is 9.69 Å². The first kappa shape index (κ1) is 18.2. The molecule has 0 aliphatic carbocycles. The summed E-state index contributed by atoms with van der Waals surface area (Å²) >= 11 is 6.06. The number of amides is 1. The Morgan fingerprint density at radius 2 is 2.24 bits per heavy atom. The third-order valence-electron chi connectivity index (χ3n) is 3.74. The Kier molecular flexibility index (Phi) is 7.46. The third kappa shape index (κ3) is 5.15. The fraction of sp³-hybridized carbons (Fsp3) is 0.533. The van der Waals surface area contributed by atoms with Crippen molar-refractivity contribution in [2.24, 2.45) is 0 Å². The first-order chi connectivity index (χ1) is 9.60. The Morgan fingerprint density at radius 3 is 2.90 bits per heavy atom. The first-order valence-electron chi connectivity index (χ1n) is 7.05. The van der Waals surface area contributed by atoms with Gasteiger partial charge in [0.05, 0.1) is 6.54 Å². The van der Waals surface area contributed by atoms with Crippen LogP contribution >= 0.6 is 24.0 Å². The number of carbonyl (C=O) groups excluding carboxylic acids is 1. The van der Waals surface area contributed by atoms with Crippen molar-refractivity contribution in [3.8, 4) is 0 Å². The van der Waals surface area contributed by atoms with Gasteiger partial charge in [0, 0.05) is 23.3 Å². The molecule has 1 aromatic carbocycles. The van der Waals surface area contributed by atoms with Crippen molar-refractivity contribution < 1.29 is 4.79 Å². The number of rotatable bonds is 5. The van der Waals surface area contributed by atoms with Crippen LogP contribution in [0.4, 0.5) is 5.69 Å². The Hall–Kier alpha value is -0.810. The molecule has 1 atom stereocenters. The fourth-order valence-corrected chi connectivity index (χ4v) is 2.81.